The molecule has 2 aromatic carbocycles. The van der Waals surface area contributed by atoms with Gasteiger partial charge in [-0.25, -0.2) is 0 Å². The number of carbonyl (C=O) groups excluding carboxylic acids is 1. The molecule has 0 N–H and O–H groups in total. The van der Waals surface area contributed by atoms with Crippen molar-refractivity contribution in [3.8, 4) is 17.2 Å². The van der Waals surface area contributed by atoms with Crippen LogP contribution < -0.4 is 14.2 Å². The van der Waals surface area contributed by atoms with Gasteiger partial charge < -0.3 is 14.2 Å². The Balaban J connectivity index is 1.72. The molecule has 8 heteroatoms. The van der Waals surface area contributed by atoms with Crippen LogP contribution in [0, 0.1) is 0 Å². The summed E-state index contributed by atoms with van der Waals surface area (Å²) < 4.78 is 15.7. The minimum Gasteiger partial charge on any atom is -0.497 e. The van der Waals surface area contributed by atoms with E-state index in [0.717, 1.165) is 16.9 Å². The molecular formula is C20H21N3O4S. The number of ether oxygens (including phenoxy) is 3. The maximum absolute atomic E-state index is 12.2. The Morgan fingerprint density at radius 2 is 1.79 bits per heavy atom. The Kier molecular flexibility index (Phi) is 6.54. The summed E-state index contributed by atoms with van der Waals surface area (Å²) in [4.78, 5) is 13.9. The number of hydrogen-bond donors (Lipinski definition) is 0. The van der Waals surface area contributed by atoms with Crippen LogP contribution in [0.4, 0.5) is 0 Å². The molecule has 1 amide bonds. The molecular weight excluding hydrogens is 378 g/mol. The van der Waals surface area contributed by atoms with Crippen molar-refractivity contribution in [1.82, 2.24) is 4.90 Å². The molecule has 28 heavy (non-hydrogen) atoms. The van der Waals surface area contributed by atoms with Crippen molar-refractivity contribution in [2.45, 2.75) is 6.54 Å². The molecule has 1 heterocycles. The summed E-state index contributed by atoms with van der Waals surface area (Å²) >= 11 is 1.38. The third-order valence-corrected chi connectivity index (χ3v) is 5.07. The highest BCUT2D eigenvalue weighted by Crippen LogP contribution is 2.27. The lowest BCUT2D eigenvalue weighted by atomic mass is 10.2. The predicted molar refractivity (Wildman–Crippen MR) is 111 cm³/mol. The highest BCUT2D eigenvalue weighted by Gasteiger charge is 2.28. The van der Waals surface area contributed by atoms with E-state index < -0.39 is 0 Å². The third kappa shape index (κ3) is 4.64. The van der Waals surface area contributed by atoms with Gasteiger partial charge in [-0.05, 0) is 41.5 Å². The Morgan fingerprint density at radius 3 is 2.46 bits per heavy atom. The zero-order chi connectivity index (χ0) is 19.9. The van der Waals surface area contributed by atoms with Crippen LogP contribution in [-0.2, 0) is 11.3 Å². The van der Waals surface area contributed by atoms with E-state index in [0.29, 0.717) is 29.0 Å². The van der Waals surface area contributed by atoms with Crippen molar-refractivity contribution in [2.75, 3.05) is 27.1 Å². The van der Waals surface area contributed by atoms with Gasteiger partial charge in [-0.1, -0.05) is 23.9 Å². The molecule has 146 valence electrons. The lowest BCUT2D eigenvalue weighted by molar-refractivity contribution is -0.124. The lowest BCUT2D eigenvalue weighted by Gasteiger charge is -2.15. The van der Waals surface area contributed by atoms with Crippen molar-refractivity contribution >= 4 is 29.1 Å². The second-order valence-electron chi connectivity index (χ2n) is 5.86. The molecule has 1 aliphatic rings. The Labute approximate surface area is 168 Å². The molecule has 1 saturated heterocycles. The van der Waals surface area contributed by atoms with Gasteiger partial charge in [0.1, 0.15) is 5.75 Å². The Morgan fingerprint density at radius 1 is 1.04 bits per heavy atom. The quantitative estimate of drug-likeness (QED) is 0.528. The summed E-state index contributed by atoms with van der Waals surface area (Å²) in [6, 6.07) is 13.1. The van der Waals surface area contributed by atoms with Crippen LogP contribution in [0.25, 0.3) is 0 Å². The topological polar surface area (TPSA) is 72.7 Å². The summed E-state index contributed by atoms with van der Waals surface area (Å²) in [6.45, 7) is 0.445. The molecule has 0 unspecified atom stereocenters. The average molecular weight is 399 g/mol. The summed E-state index contributed by atoms with van der Waals surface area (Å²) in [5.41, 5.74) is 1.81. The van der Waals surface area contributed by atoms with Crippen LogP contribution in [0.1, 0.15) is 11.1 Å². The second-order valence-corrected chi connectivity index (χ2v) is 6.80. The summed E-state index contributed by atoms with van der Waals surface area (Å²) in [5, 5.41) is 8.96. The van der Waals surface area contributed by atoms with E-state index in [-0.39, 0.29) is 5.91 Å². The smallest absolute Gasteiger partial charge is 0.239 e. The van der Waals surface area contributed by atoms with Gasteiger partial charge in [0.15, 0.2) is 16.7 Å². The normalized spacial score (nSPS) is 15.5. The average Bonchev–Trinajstić information content (AvgIpc) is 3.08. The van der Waals surface area contributed by atoms with E-state index in [1.807, 2.05) is 36.4 Å². The highest BCUT2D eigenvalue weighted by molar-refractivity contribution is 8.15. The summed E-state index contributed by atoms with van der Waals surface area (Å²) in [7, 11) is 4.79. The number of amides is 1. The summed E-state index contributed by atoms with van der Waals surface area (Å²) in [5.74, 6) is 2.42. The lowest BCUT2D eigenvalue weighted by Crippen LogP contribution is -2.28. The first kappa shape index (κ1) is 19.8. The van der Waals surface area contributed by atoms with Crippen LogP contribution in [-0.4, -0.2) is 49.3 Å². The van der Waals surface area contributed by atoms with Gasteiger partial charge >= 0.3 is 0 Å². The predicted octanol–water partition coefficient (Wildman–Crippen LogP) is 3.18. The van der Waals surface area contributed by atoms with E-state index in [2.05, 4.69) is 10.2 Å². The number of rotatable bonds is 7. The van der Waals surface area contributed by atoms with Gasteiger partial charge in [-0.2, -0.15) is 5.10 Å². The number of benzene rings is 2. The van der Waals surface area contributed by atoms with E-state index in [1.165, 1.54) is 11.8 Å². The van der Waals surface area contributed by atoms with Crippen LogP contribution >= 0.6 is 11.8 Å². The number of nitrogens with zero attached hydrogens (tertiary/aromatic N) is 3. The summed E-state index contributed by atoms with van der Waals surface area (Å²) in [6.07, 6.45) is 1.61. The fourth-order valence-corrected chi connectivity index (χ4v) is 3.45. The molecule has 1 aliphatic heterocycles. The van der Waals surface area contributed by atoms with Crippen LogP contribution in [0.5, 0.6) is 17.2 Å². The molecule has 0 radical (unpaired) electrons. The first-order valence-electron chi connectivity index (χ1n) is 8.53. The van der Waals surface area contributed by atoms with Crippen molar-refractivity contribution in [1.29, 1.82) is 0 Å². The van der Waals surface area contributed by atoms with E-state index >= 15 is 0 Å². The Hall–Kier alpha value is -3.00. The number of methoxy groups -OCH3 is 3. The van der Waals surface area contributed by atoms with Gasteiger partial charge in [0, 0.05) is 0 Å². The fourth-order valence-electron chi connectivity index (χ4n) is 2.62. The first-order valence-corrected chi connectivity index (χ1v) is 9.52. The maximum atomic E-state index is 12.2. The van der Waals surface area contributed by atoms with Gasteiger partial charge in [0.25, 0.3) is 0 Å². The fraction of sp³-hybridized carbons (Fsp3) is 0.250. The molecule has 0 spiro atoms. The van der Waals surface area contributed by atoms with Crippen molar-refractivity contribution in [3.05, 3.63) is 53.6 Å². The number of carbonyl (C=O) groups is 1. The molecule has 1 fully saturated rings. The minimum atomic E-state index is 0.0147. The van der Waals surface area contributed by atoms with Crippen LogP contribution in [0.3, 0.4) is 0 Å². The number of hydrogen-bond acceptors (Lipinski definition) is 7. The van der Waals surface area contributed by atoms with E-state index in [4.69, 9.17) is 14.2 Å². The van der Waals surface area contributed by atoms with Crippen molar-refractivity contribution < 1.29 is 19.0 Å². The molecule has 2 aromatic rings. The standard InChI is InChI=1S/C20H21N3O4S/c1-25-16-7-4-14(5-8-16)12-23-19(24)13-28-20(23)22-21-11-15-6-9-17(26-2)18(10-15)27-3/h4-11H,12-13H2,1-3H3/b21-11-,22-20+. The van der Waals surface area contributed by atoms with Crippen LogP contribution in [0.2, 0.25) is 0 Å². The minimum absolute atomic E-state index is 0.0147. The van der Waals surface area contributed by atoms with Crippen molar-refractivity contribution in [3.63, 3.8) is 0 Å². The van der Waals surface area contributed by atoms with Gasteiger partial charge in [-0.15, -0.1) is 5.10 Å². The molecule has 0 atom stereocenters. The third-order valence-electron chi connectivity index (χ3n) is 4.11. The first-order chi connectivity index (χ1) is 13.6. The highest BCUT2D eigenvalue weighted by atomic mass is 32.2. The molecule has 0 bridgehead atoms. The zero-order valence-corrected chi connectivity index (χ0v) is 16.7. The molecule has 0 aliphatic carbocycles. The SMILES string of the molecule is COc1ccc(CN2C(=O)CS/C2=N/N=C\c2ccc(OC)c(OC)c2)cc1. The molecule has 0 aromatic heterocycles. The van der Waals surface area contributed by atoms with Crippen LogP contribution in [0.15, 0.2) is 52.7 Å². The van der Waals surface area contributed by atoms with Gasteiger partial charge in [-0.3, -0.25) is 9.69 Å². The molecule has 3 rings (SSSR count). The monoisotopic (exact) mass is 399 g/mol. The number of amidine groups is 1. The second kappa shape index (κ2) is 9.27. The zero-order valence-electron chi connectivity index (χ0n) is 15.9. The van der Waals surface area contributed by atoms with Crippen molar-refractivity contribution in [2.24, 2.45) is 10.2 Å². The molecule has 0 saturated carbocycles. The van der Waals surface area contributed by atoms with Gasteiger partial charge in [0.05, 0.1) is 39.8 Å². The number of thioether (sulfide) groups is 1. The molecule has 7 nitrogen and oxygen atoms in total. The largest absolute Gasteiger partial charge is 0.497 e. The van der Waals surface area contributed by atoms with Gasteiger partial charge in [0.2, 0.25) is 5.91 Å². The van der Waals surface area contributed by atoms with E-state index in [1.54, 1.807) is 38.5 Å². The maximum Gasteiger partial charge on any atom is 0.239 e. The van der Waals surface area contributed by atoms with E-state index in [9.17, 15) is 4.79 Å². The Bertz CT molecular complexity index is 897.